The van der Waals surface area contributed by atoms with E-state index in [4.69, 9.17) is 0 Å². The first-order valence-corrected chi connectivity index (χ1v) is 9.77. The Morgan fingerprint density at radius 3 is 2.48 bits per heavy atom. The molecule has 1 aliphatic rings. The summed E-state index contributed by atoms with van der Waals surface area (Å²) in [6.45, 7) is 6.27. The number of fused-ring (bicyclic) bond motifs is 1. The van der Waals surface area contributed by atoms with Gasteiger partial charge in [0.1, 0.15) is 11.9 Å². The van der Waals surface area contributed by atoms with Crippen molar-refractivity contribution in [3.8, 4) is 11.1 Å². The van der Waals surface area contributed by atoms with Gasteiger partial charge in [-0.25, -0.2) is 4.68 Å². The molecule has 2 amide bonds. The van der Waals surface area contributed by atoms with Crippen molar-refractivity contribution in [3.63, 3.8) is 0 Å². The number of amides is 2. The summed E-state index contributed by atoms with van der Waals surface area (Å²) in [5.74, 6) is 0.635. The molecule has 1 unspecified atom stereocenters. The molecular weight excluding hydrogens is 364 g/mol. The number of aryl methyl sites for hydroxylation is 1. The van der Waals surface area contributed by atoms with E-state index < -0.39 is 6.04 Å². The van der Waals surface area contributed by atoms with E-state index in [9.17, 15) is 9.59 Å². The van der Waals surface area contributed by atoms with Gasteiger partial charge < -0.3 is 10.6 Å². The molecule has 0 radical (unpaired) electrons. The molecule has 2 aromatic carbocycles. The number of benzene rings is 2. The molecule has 6 heteroatoms. The first kappa shape index (κ1) is 18.9. The summed E-state index contributed by atoms with van der Waals surface area (Å²) in [6, 6.07) is 15.2. The van der Waals surface area contributed by atoms with Crippen LogP contribution in [0.25, 0.3) is 11.1 Å². The molecule has 0 saturated carbocycles. The van der Waals surface area contributed by atoms with Gasteiger partial charge in [-0.3, -0.25) is 9.59 Å². The highest BCUT2D eigenvalue weighted by atomic mass is 16.2. The molecule has 0 aliphatic carbocycles. The van der Waals surface area contributed by atoms with Gasteiger partial charge in [-0.15, -0.1) is 0 Å². The summed E-state index contributed by atoms with van der Waals surface area (Å²) in [5, 5.41) is 10.1. The molecule has 0 fully saturated rings. The SMILES string of the molecule is Cc1ccc(-c2cnn3c2NC(=O)C3CC(=O)Nc2ccc(C(C)C)cc2)cc1. The lowest BCUT2D eigenvalue weighted by atomic mass is 10.0. The van der Waals surface area contributed by atoms with E-state index in [1.165, 1.54) is 5.56 Å². The van der Waals surface area contributed by atoms with E-state index in [2.05, 4.69) is 29.6 Å². The van der Waals surface area contributed by atoms with Crippen molar-refractivity contribution >= 4 is 23.3 Å². The minimum atomic E-state index is -0.654. The van der Waals surface area contributed by atoms with Crippen molar-refractivity contribution < 1.29 is 9.59 Å². The quantitative estimate of drug-likeness (QED) is 0.675. The number of hydrogen-bond acceptors (Lipinski definition) is 3. The molecular formula is C23H24N4O2. The van der Waals surface area contributed by atoms with Gasteiger partial charge in [0.05, 0.1) is 12.6 Å². The van der Waals surface area contributed by atoms with Crippen molar-refractivity contribution in [2.45, 2.75) is 39.2 Å². The fourth-order valence-electron chi connectivity index (χ4n) is 3.50. The highest BCUT2D eigenvalue weighted by Gasteiger charge is 2.35. The van der Waals surface area contributed by atoms with E-state index in [0.717, 1.165) is 22.4 Å². The number of carbonyl (C=O) groups is 2. The van der Waals surface area contributed by atoms with Gasteiger partial charge in [0.2, 0.25) is 5.91 Å². The van der Waals surface area contributed by atoms with Crippen LogP contribution in [0.4, 0.5) is 11.5 Å². The predicted molar refractivity (Wildman–Crippen MR) is 114 cm³/mol. The molecule has 1 aromatic heterocycles. The van der Waals surface area contributed by atoms with Gasteiger partial charge >= 0.3 is 0 Å². The van der Waals surface area contributed by atoms with Crippen molar-refractivity contribution in [2.75, 3.05) is 10.6 Å². The Morgan fingerprint density at radius 1 is 1.14 bits per heavy atom. The van der Waals surface area contributed by atoms with Crippen LogP contribution in [0.1, 0.15) is 43.4 Å². The lowest BCUT2D eigenvalue weighted by molar-refractivity contribution is -0.123. The minimum absolute atomic E-state index is 0.0276. The van der Waals surface area contributed by atoms with Crippen LogP contribution in [0.5, 0.6) is 0 Å². The molecule has 2 N–H and O–H groups in total. The molecule has 2 heterocycles. The Hall–Kier alpha value is -3.41. The number of aromatic nitrogens is 2. The maximum Gasteiger partial charge on any atom is 0.251 e. The molecule has 0 saturated heterocycles. The summed E-state index contributed by atoms with van der Waals surface area (Å²) in [5.41, 5.74) is 4.93. The fourth-order valence-corrected chi connectivity index (χ4v) is 3.50. The summed E-state index contributed by atoms with van der Waals surface area (Å²) < 4.78 is 1.61. The lowest BCUT2D eigenvalue weighted by Crippen LogP contribution is -2.23. The van der Waals surface area contributed by atoms with E-state index in [0.29, 0.717) is 11.7 Å². The van der Waals surface area contributed by atoms with Crippen LogP contribution in [0, 0.1) is 6.92 Å². The summed E-state index contributed by atoms with van der Waals surface area (Å²) >= 11 is 0. The molecule has 4 rings (SSSR count). The summed E-state index contributed by atoms with van der Waals surface area (Å²) in [7, 11) is 0. The predicted octanol–water partition coefficient (Wildman–Crippen LogP) is 4.50. The number of anilines is 2. The van der Waals surface area contributed by atoms with Gasteiger partial charge in [-0.1, -0.05) is 55.8 Å². The van der Waals surface area contributed by atoms with Crippen LogP contribution in [-0.2, 0) is 9.59 Å². The molecule has 29 heavy (non-hydrogen) atoms. The topological polar surface area (TPSA) is 76.0 Å². The van der Waals surface area contributed by atoms with Crippen LogP contribution in [0.2, 0.25) is 0 Å². The Bertz CT molecular complexity index is 1050. The van der Waals surface area contributed by atoms with Crippen LogP contribution in [0.3, 0.4) is 0 Å². The molecule has 0 bridgehead atoms. The Labute approximate surface area is 169 Å². The Morgan fingerprint density at radius 2 is 1.83 bits per heavy atom. The second kappa shape index (κ2) is 7.54. The zero-order valence-electron chi connectivity index (χ0n) is 16.8. The van der Waals surface area contributed by atoms with E-state index in [-0.39, 0.29) is 18.2 Å². The number of nitrogens with one attached hydrogen (secondary N) is 2. The highest BCUT2D eigenvalue weighted by molar-refractivity contribution is 6.04. The fraction of sp³-hybridized carbons (Fsp3) is 0.261. The van der Waals surface area contributed by atoms with E-state index in [1.807, 2.05) is 55.5 Å². The van der Waals surface area contributed by atoms with E-state index >= 15 is 0 Å². The largest absolute Gasteiger partial charge is 0.326 e. The molecule has 1 atom stereocenters. The third-order valence-electron chi connectivity index (χ3n) is 5.24. The molecule has 3 aromatic rings. The van der Waals surface area contributed by atoms with Crippen molar-refractivity contribution in [1.82, 2.24) is 9.78 Å². The standard InChI is InChI=1S/C23H24N4O2/c1-14(2)16-8-10-18(11-9-16)25-21(28)12-20-23(29)26-22-19(13-24-27(20)22)17-6-4-15(3)5-7-17/h4-11,13-14,20H,12H2,1-3H3,(H,25,28)(H,26,29). The third-order valence-corrected chi connectivity index (χ3v) is 5.24. The molecule has 6 nitrogen and oxygen atoms in total. The van der Waals surface area contributed by atoms with Crippen molar-refractivity contribution in [2.24, 2.45) is 0 Å². The molecule has 148 valence electrons. The smallest absolute Gasteiger partial charge is 0.251 e. The third kappa shape index (κ3) is 3.78. The van der Waals surface area contributed by atoms with Crippen LogP contribution >= 0.6 is 0 Å². The Kier molecular flexibility index (Phi) is 4.92. The average molecular weight is 388 g/mol. The minimum Gasteiger partial charge on any atom is -0.326 e. The normalized spacial score (nSPS) is 15.3. The summed E-state index contributed by atoms with van der Waals surface area (Å²) in [6.07, 6.45) is 1.76. The zero-order valence-corrected chi connectivity index (χ0v) is 16.8. The molecule has 0 spiro atoms. The average Bonchev–Trinajstić information content (AvgIpc) is 3.22. The first-order chi connectivity index (χ1) is 13.9. The van der Waals surface area contributed by atoms with Gasteiger partial charge in [0.15, 0.2) is 0 Å². The van der Waals surface area contributed by atoms with Gasteiger partial charge in [-0.2, -0.15) is 5.10 Å². The van der Waals surface area contributed by atoms with Gasteiger partial charge in [0.25, 0.3) is 5.91 Å². The van der Waals surface area contributed by atoms with E-state index in [1.54, 1.807) is 10.9 Å². The van der Waals surface area contributed by atoms with Gasteiger partial charge in [0, 0.05) is 11.3 Å². The number of hydrogen-bond donors (Lipinski definition) is 2. The van der Waals surface area contributed by atoms with Crippen LogP contribution in [0.15, 0.2) is 54.7 Å². The number of carbonyl (C=O) groups excluding carboxylic acids is 2. The number of rotatable bonds is 5. The van der Waals surface area contributed by atoms with Crippen LogP contribution < -0.4 is 10.6 Å². The van der Waals surface area contributed by atoms with Crippen molar-refractivity contribution in [1.29, 1.82) is 0 Å². The maximum absolute atomic E-state index is 12.5. The second-order valence-electron chi connectivity index (χ2n) is 7.75. The van der Waals surface area contributed by atoms with Gasteiger partial charge in [-0.05, 0) is 36.1 Å². The molecule has 1 aliphatic heterocycles. The Balaban J connectivity index is 1.48. The van der Waals surface area contributed by atoms with Crippen LogP contribution in [-0.4, -0.2) is 21.6 Å². The second-order valence-corrected chi connectivity index (χ2v) is 7.75. The summed E-state index contributed by atoms with van der Waals surface area (Å²) in [4.78, 5) is 25.0. The van der Waals surface area contributed by atoms with Crippen molar-refractivity contribution in [3.05, 3.63) is 65.9 Å². The lowest BCUT2D eigenvalue weighted by Gasteiger charge is -2.11. The highest BCUT2D eigenvalue weighted by Crippen LogP contribution is 2.35. The monoisotopic (exact) mass is 388 g/mol. The first-order valence-electron chi connectivity index (χ1n) is 9.77. The zero-order chi connectivity index (χ0) is 20.5. The maximum atomic E-state index is 12.5. The number of nitrogens with zero attached hydrogens (tertiary/aromatic N) is 2.